The van der Waals surface area contributed by atoms with E-state index in [0.29, 0.717) is 11.5 Å². The number of benzene rings is 2. The summed E-state index contributed by atoms with van der Waals surface area (Å²) >= 11 is 1.59. The Hall–Kier alpha value is -2.80. The first-order chi connectivity index (χ1) is 12.7. The Kier molecular flexibility index (Phi) is 5.91. The molecule has 0 unspecified atom stereocenters. The van der Waals surface area contributed by atoms with E-state index >= 15 is 0 Å². The van der Waals surface area contributed by atoms with Crippen LogP contribution in [0.3, 0.4) is 0 Å². The zero-order valence-corrected chi connectivity index (χ0v) is 15.7. The summed E-state index contributed by atoms with van der Waals surface area (Å²) in [6.45, 7) is 2.08. The molecule has 3 rings (SSSR count). The first-order valence-corrected chi connectivity index (χ1v) is 9.03. The van der Waals surface area contributed by atoms with Gasteiger partial charge in [0.05, 0.1) is 20.4 Å². The summed E-state index contributed by atoms with van der Waals surface area (Å²) in [6, 6.07) is 14.1. The lowest BCUT2D eigenvalue weighted by atomic mass is 10.2. The molecule has 134 valence electrons. The van der Waals surface area contributed by atoms with E-state index in [2.05, 4.69) is 46.5 Å². The Morgan fingerprint density at radius 2 is 1.92 bits per heavy atom. The topological polar surface area (TPSA) is 61.5 Å². The molecule has 0 bridgehead atoms. The van der Waals surface area contributed by atoms with Crippen LogP contribution in [0.4, 0.5) is 0 Å². The van der Waals surface area contributed by atoms with Gasteiger partial charge in [-0.2, -0.15) is 9.78 Å². The Bertz CT molecular complexity index is 891. The lowest BCUT2D eigenvalue weighted by molar-refractivity contribution is 0.354. The van der Waals surface area contributed by atoms with Crippen molar-refractivity contribution in [1.29, 1.82) is 0 Å². The standard InChI is InChI=1S/C19H20N4O2S/c1-14-7-9-15(10-8-14)12-26-19-22-20-13-23(19)21-11-16-5-4-6-17(24-2)18(16)25-3/h4-11,13H,12H2,1-3H3/b21-11+. The van der Waals surface area contributed by atoms with E-state index < -0.39 is 0 Å². The molecule has 1 heterocycles. The molecule has 6 nitrogen and oxygen atoms in total. The van der Waals surface area contributed by atoms with Crippen LogP contribution in [-0.4, -0.2) is 35.3 Å². The quantitative estimate of drug-likeness (QED) is 0.469. The van der Waals surface area contributed by atoms with Gasteiger partial charge in [-0.05, 0) is 24.6 Å². The zero-order valence-electron chi connectivity index (χ0n) is 14.9. The largest absolute Gasteiger partial charge is 0.493 e. The van der Waals surface area contributed by atoms with Crippen molar-refractivity contribution in [1.82, 2.24) is 14.9 Å². The number of aryl methyl sites for hydroxylation is 1. The fourth-order valence-corrected chi connectivity index (χ4v) is 3.18. The number of ether oxygens (including phenoxy) is 2. The number of nitrogens with zero attached hydrogens (tertiary/aromatic N) is 4. The van der Waals surface area contributed by atoms with Crippen molar-refractivity contribution in [2.75, 3.05) is 14.2 Å². The van der Waals surface area contributed by atoms with Crippen LogP contribution in [0.15, 0.2) is 59.0 Å². The summed E-state index contributed by atoms with van der Waals surface area (Å²) in [5, 5.41) is 13.3. The average molecular weight is 368 g/mol. The highest BCUT2D eigenvalue weighted by atomic mass is 32.2. The van der Waals surface area contributed by atoms with Crippen molar-refractivity contribution in [3.63, 3.8) is 0 Å². The van der Waals surface area contributed by atoms with Gasteiger partial charge in [0, 0.05) is 11.3 Å². The first-order valence-electron chi connectivity index (χ1n) is 8.05. The highest BCUT2D eigenvalue weighted by Crippen LogP contribution is 2.29. The number of hydrogen-bond acceptors (Lipinski definition) is 6. The maximum atomic E-state index is 5.42. The molecule has 0 spiro atoms. The number of rotatable bonds is 7. The molecule has 0 saturated carbocycles. The molecule has 26 heavy (non-hydrogen) atoms. The molecule has 0 aliphatic heterocycles. The van der Waals surface area contributed by atoms with Crippen LogP contribution < -0.4 is 9.47 Å². The van der Waals surface area contributed by atoms with Crippen molar-refractivity contribution >= 4 is 18.0 Å². The summed E-state index contributed by atoms with van der Waals surface area (Å²) < 4.78 is 12.4. The van der Waals surface area contributed by atoms with Gasteiger partial charge < -0.3 is 9.47 Å². The highest BCUT2D eigenvalue weighted by molar-refractivity contribution is 7.98. The summed E-state index contributed by atoms with van der Waals surface area (Å²) in [6.07, 6.45) is 3.29. The van der Waals surface area contributed by atoms with Gasteiger partial charge in [-0.1, -0.05) is 47.7 Å². The lowest BCUT2D eigenvalue weighted by Crippen LogP contribution is -1.97. The molecular formula is C19H20N4O2S. The molecule has 0 N–H and O–H groups in total. The molecule has 0 saturated heterocycles. The fourth-order valence-electron chi connectivity index (χ4n) is 2.36. The van der Waals surface area contributed by atoms with E-state index in [0.717, 1.165) is 16.5 Å². The van der Waals surface area contributed by atoms with E-state index in [9.17, 15) is 0 Å². The predicted molar refractivity (Wildman–Crippen MR) is 103 cm³/mol. The normalized spacial score (nSPS) is 11.0. The SMILES string of the molecule is COc1cccc(/C=N/n2cnnc2SCc2ccc(C)cc2)c1OC. The van der Waals surface area contributed by atoms with Gasteiger partial charge in [-0.15, -0.1) is 10.2 Å². The van der Waals surface area contributed by atoms with Crippen molar-refractivity contribution in [3.8, 4) is 11.5 Å². The first kappa shape index (κ1) is 18.0. The molecule has 0 aliphatic carbocycles. The minimum Gasteiger partial charge on any atom is -0.493 e. The fraction of sp³-hybridized carbons (Fsp3) is 0.211. The summed E-state index contributed by atoms with van der Waals surface area (Å²) in [4.78, 5) is 0. The second kappa shape index (κ2) is 8.53. The third-order valence-corrected chi connectivity index (χ3v) is 4.75. The van der Waals surface area contributed by atoms with E-state index in [1.165, 1.54) is 11.1 Å². The number of methoxy groups -OCH3 is 2. The Morgan fingerprint density at radius 3 is 2.65 bits per heavy atom. The zero-order chi connectivity index (χ0) is 18.4. The molecule has 7 heteroatoms. The molecule has 0 radical (unpaired) electrons. The minimum atomic E-state index is 0.640. The highest BCUT2D eigenvalue weighted by Gasteiger charge is 2.08. The Morgan fingerprint density at radius 1 is 1.12 bits per heavy atom. The van der Waals surface area contributed by atoms with Gasteiger partial charge in [0.25, 0.3) is 0 Å². The summed E-state index contributed by atoms with van der Waals surface area (Å²) in [5.74, 6) is 2.10. The van der Waals surface area contributed by atoms with Gasteiger partial charge in [-0.25, -0.2) is 0 Å². The Labute approximate surface area is 156 Å². The maximum absolute atomic E-state index is 5.42. The van der Waals surface area contributed by atoms with Crippen LogP contribution in [0.2, 0.25) is 0 Å². The van der Waals surface area contributed by atoms with E-state index in [1.807, 2.05) is 18.2 Å². The molecule has 0 fully saturated rings. The van der Waals surface area contributed by atoms with Crippen LogP contribution in [-0.2, 0) is 5.75 Å². The third-order valence-electron chi connectivity index (χ3n) is 3.74. The van der Waals surface area contributed by atoms with Crippen molar-refractivity contribution in [2.24, 2.45) is 5.10 Å². The molecule has 0 amide bonds. The van der Waals surface area contributed by atoms with Gasteiger partial charge in [0.2, 0.25) is 5.16 Å². The number of aromatic nitrogens is 3. The minimum absolute atomic E-state index is 0.640. The number of para-hydroxylation sites is 1. The number of hydrogen-bond donors (Lipinski definition) is 0. The van der Waals surface area contributed by atoms with Crippen LogP contribution in [0.25, 0.3) is 0 Å². The van der Waals surface area contributed by atoms with Gasteiger partial charge in [0.1, 0.15) is 6.33 Å². The smallest absolute Gasteiger partial charge is 0.212 e. The van der Waals surface area contributed by atoms with Crippen LogP contribution >= 0.6 is 11.8 Å². The van der Waals surface area contributed by atoms with Gasteiger partial charge in [0.15, 0.2) is 11.5 Å². The molecule has 2 aromatic carbocycles. The van der Waals surface area contributed by atoms with Crippen molar-refractivity contribution < 1.29 is 9.47 Å². The molecule has 3 aromatic rings. The molecule has 1 aromatic heterocycles. The van der Waals surface area contributed by atoms with E-state index in [1.54, 1.807) is 43.2 Å². The molecule has 0 atom stereocenters. The maximum Gasteiger partial charge on any atom is 0.212 e. The van der Waals surface area contributed by atoms with Crippen LogP contribution in [0, 0.1) is 6.92 Å². The third kappa shape index (κ3) is 4.23. The monoisotopic (exact) mass is 368 g/mol. The lowest BCUT2D eigenvalue weighted by Gasteiger charge is -2.09. The number of thioether (sulfide) groups is 1. The van der Waals surface area contributed by atoms with Crippen LogP contribution in [0.1, 0.15) is 16.7 Å². The Balaban J connectivity index is 1.74. The second-order valence-corrected chi connectivity index (χ2v) is 6.50. The summed E-state index contributed by atoms with van der Waals surface area (Å²) in [5.41, 5.74) is 3.29. The average Bonchev–Trinajstić information content (AvgIpc) is 3.12. The predicted octanol–water partition coefficient (Wildman–Crippen LogP) is 3.78. The van der Waals surface area contributed by atoms with Crippen molar-refractivity contribution in [3.05, 3.63) is 65.5 Å². The van der Waals surface area contributed by atoms with Crippen molar-refractivity contribution in [2.45, 2.75) is 17.8 Å². The molecular weight excluding hydrogens is 348 g/mol. The second-order valence-electron chi connectivity index (χ2n) is 5.56. The van der Waals surface area contributed by atoms with Gasteiger partial charge in [-0.3, -0.25) is 0 Å². The van der Waals surface area contributed by atoms with E-state index in [4.69, 9.17) is 9.47 Å². The molecule has 0 aliphatic rings. The summed E-state index contributed by atoms with van der Waals surface area (Å²) in [7, 11) is 3.22. The van der Waals surface area contributed by atoms with Gasteiger partial charge >= 0.3 is 0 Å². The van der Waals surface area contributed by atoms with Crippen LogP contribution in [0.5, 0.6) is 11.5 Å². The van der Waals surface area contributed by atoms with E-state index in [-0.39, 0.29) is 0 Å².